The van der Waals surface area contributed by atoms with Crippen LogP contribution in [0.3, 0.4) is 0 Å². The topological polar surface area (TPSA) is 38.8 Å². The van der Waals surface area contributed by atoms with E-state index in [9.17, 15) is 4.79 Å². The summed E-state index contributed by atoms with van der Waals surface area (Å²) in [7, 11) is 0. The van der Waals surface area contributed by atoms with E-state index in [1.54, 1.807) is 4.90 Å². The number of benzene rings is 2. The molecule has 0 N–H and O–H groups in total. The molecule has 0 aromatic heterocycles. The number of fused-ring (bicyclic) bond motifs is 1. The molecule has 0 saturated carbocycles. The SMILES string of the molecule is Cc1cccc(OCC(=O)N2CC(C)Oc3ccccc32)c1C. The highest BCUT2D eigenvalue weighted by Gasteiger charge is 2.27. The minimum Gasteiger partial charge on any atom is -0.487 e. The van der Waals surface area contributed by atoms with Crippen LogP contribution in [0.25, 0.3) is 0 Å². The Labute approximate surface area is 136 Å². The van der Waals surface area contributed by atoms with E-state index in [1.807, 2.05) is 63.2 Å². The van der Waals surface area contributed by atoms with Crippen molar-refractivity contribution in [2.24, 2.45) is 0 Å². The highest BCUT2D eigenvalue weighted by Crippen LogP contribution is 2.33. The third kappa shape index (κ3) is 3.16. The third-order valence-corrected chi connectivity index (χ3v) is 4.13. The zero-order valence-corrected chi connectivity index (χ0v) is 13.7. The maximum atomic E-state index is 12.6. The Bertz CT molecular complexity index is 726. The van der Waals surface area contributed by atoms with Crippen molar-refractivity contribution in [2.45, 2.75) is 26.9 Å². The van der Waals surface area contributed by atoms with Crippen LogP contribution in [0.5, 0.6) is 11.5 Å². The largest absolute Gasteiger partial charge is 0.487 e. The summed E-state index contributed by atoms with van der Waals surface area (Å²) in [5.74, 6) is 1.44. The van der Waals surface area contributed by atoms with Gasteiger partial charge < -0.3 is 14.4 Å². The molecule has 4 heteroatoms. The van der Waals surface area contributed by atoms with Gasteiger partial charge in [0.25, 0.3) is 5.91 Å². The Morgan fingerprint density at radius 1 is 1.22 bits per heavy atom. The van der Waals surface area contributed by atoms with Gasteiger partial charge in [-0.05, 0) is 50.1 Å². The predicted molar refractivity (Wildman–Crippen MR) is 90.3 cm³/mol. The summed E-state index contributed by atoms with van der Waals surface area (Å²) in [4.78, 5) is 14.4. The van der Waals surface area contributed by atoms with Crippen LogP contribution in [0.1, 0.15) is 18.1 Å². The van der Waals surface area contributed by atoms with Gasteiger partial charge in [-0.15, -0.1) is 0 Å². The molecular formula is C19H21NO3. The summed E-state index contributed by atoms with van der Waals surface area (Å²) in [6, 6.07) is 13.5. The lowest BCUT2D eigenvalue weighted by Crippen LogP contribution is -2.44. The molecule has 0 fully saturated rings. The lowest BCUT2D eigenvalue weighted by atomic mass is 10.1. The second-order valence-corrected chi connectivity index (χ2v) is 5.89. The maximum absolute atomic E-state index is 12.6. The number of carbonyl (C=O) groups is 1. The number of amides is 1. The molecule has 1 atom stereocenters. The molecule has 120 valence electrons. The average molecular weight is 311 g/mol. The van der Waals surface area contributed by atoms with Gasteiger partial charge in [0, 0.05) is 0 Å². The zero-order valence-electron chi connectivity index (χ0n) is 13.7. The van der Waals surface area contributed by atoms with Crippen LogP contribution < -0.4 is 14.4 Å². The van der Waals surface area contributed by atoms with Gasteiger partial charge in [-0.3, -0.25) is 4.79 Å². The van der Waals surface area contributed by atoms with E-state index in [-0.39, 0.29) is 18.6 Å². The number of para-hydroxylation sites is 2. The van der Waals surface area contributed by atoms with E-state index in [0.29, 0.717) is 6.54 Å². The van der Waals surface area contributed by atoms with Gasteiger partial charge in [0.15, 0.2) is 6.61 Å². The summed E-state index contributed by atoms with van der Waals surface area (Å²) in [5, 5.41) is 0. The number of aryl methyl sites for hydroxylation is 1. The molecule has 2 aromatic rings. The minimum atomic E-state index is -0.0616. The molecule has 0 bridgehead atoms. The highest BCUT2D eigenvalue weighted by atomic mass is 16.5. The van der Waals surface area contributed by atoms with Crippen LogP contribution in [0, 0.1) is 13.8 Å². The fourth-order valence-electron chi connectivity index (χ4n) is 2.72. The zero-order chi connectivity index (χ0) is 16.4. The van der Waals surface area contributed by atoms with Gasteiger partial charge in [-0.2, -0.15) is 0 Å². The lowest BCUT2D eigenvalue weighted by molar-refractivity contribution is -0.121. The van der Waals surface area contributed by atoms with Crippen molar-refractivity contribution in [1.29, 1.82) is 0 Å². The van der Waals surface area contributed by atoms with Crippen LogP contribution in [0.15, 0.2) is 42.5 Å². The fraction of sp³-hybridized carbons (Fsp3) is 0.316. The van der Waals surface area contributed by atoms with Crippen molar-refractivity contribution in [3.63, 3.8) is 0 Å². The number of ether oxygens (including phenoxy) is 2. The summed E-state index contributed by atoms with van der Waals surface area (Å²) < 4.78 is 11.5. The van der Waals surface area contributed by atoms with Crippen LogP contribution >= 0.6 is 0 Å². The van der Waals surface area contributed by atoms with E-state index in [4.69, 9.17) is 9.47 Å². The van der Waals surface area contributed by atoms with Crippen molar-refractivity contribution in [2.75, 3.05) is 18.1 Å². The molecule has 1 aliphatic heterocycles. The van der Waals surface area contributed by atoms with E-state index in [0.717, 1.165) is 28.3 Å². The number of hydrogen-bond acceptors (Lipinski definition) is 3. The molecular weight excluding hydrogens is 290 g/mol. The first-order chi connectivity index (χ1) is 11.1. The molecule has 3 rings (SSSR count). The molecule has 1 aliphatic rings. The van der Waals surface area contributed by atoms with Gasteiger partial charge in [-0.1, -0.05) is 24.3 Å². The summed E-state index contributed by atoms with van der Waals surface area (Å²) in [6.45, 7) is 6.55. The van der Waals surface area contributed by atoms with E-state index < -0.39 is 0 Å². The molecule has 23 heavy (non-hydrogen) atoms. The number of anilines is 1. The molecule has 0 aliphatic carbocycles. The second-order valence-electron chi connectivity index (χ2n) is 5.89. The van der Waals surface area contributed by atoms with Crippen molar-refractivity contribution in [3.05, 3.63) is 53.6 Å². The highest BCUT2D eigenvalue weighted by molar-refractivity contribution is 5.96. The van der Waals surface area contributed by atoms with Gasteiger partial charge in [0.1, 0.15) is 17.6 Å². The van der Waals surface area contributed by atoms with Crippen molar-refractivity contribution in [3.8, 4) is 11.5 Å². The van der Waals surface area contributed by atoms with Crippen molar-refractivity contribution in [1.82, 2.24) is 0 Å². The molecule has 1 amide bonds. The predicted octanol–water partition coefficient (Wildman–Crippen LogP) is 3.50. The van der Waals surface area contributed by atoms with E-state index in [2.05, 4.69) is 0 Å². The van der Waals surface area contributed by atoms with E-state index >= 15 is 0 Å². The maximum Gasteiger partial charge on any atom is 0.265 e. The molecule has 1 heterocycles. The van der Waals surface area contributed by atoms with Crippen LogP contribution in [0.2, 0.25) is 0 Å². The summed E-state index contributed by atoms with van der Waals surface area (Å²) >= 11 is 0. The monoisotopic (exact) mass is 311 g/mol. The Hall–Kier alpha value is -2.49. The van der Waals surface area contributed by atoms with Gasteiger partial charge in [0.05, 0.1) is 12.2 Å². The molecule has 0 radical (unpaired) electrons. The number of carbonyl (C=O) groups excluding carboxylic acids is 1. The van der Waals surface area contributed by atoms with Gasteiger partial charge in [0.2, 0.25) is 0 Å². The first kappa shape index (κ1) is 15.4. The summed E-state index contributed by atoms with van der Waals surface area (Å²) in [5.41, 5.74) is 3.02. The normalized spacial score (nSPS) is 16.5. The Kier molecular flexibility index (Phi) is 4.24. The van der Waals surface area contributed by atoms with Gasteiger partial charge >= 0.3 is 0 Å². The average Bonchev–Trinajstić information content (AvgIpc) is 2.55. The third-order valence-electron chi connectivity index (χ3n) is 4.13. The number of nitrogens with zero attached hydrogens (tertiary/aromatic N) is 1. The quantitative estimate of drug-likeness (QED) is 0.871. The standard InChI is InChI=1S/C19H21NO3/c1-13-7-6-10-17(15(13)3)22-12-19(21)20-11-14(2)23-18-9-5-4-8-16(18)20/h4-10,14H,11-12H2,1-3H3. The first-order valence-electron chi connectivity index (χ1n) is 7.81. The molecule has 0 spiro atoms. The van der Waals surface area contributed by atoms with Crippen LogP contribution in [-0.2, 0) is 4.79 Å². The van der Waals surface area contributed by atoms with Crippen molar-refractivity contribution < 1.29 is 14.3 Å². The fourth-order valence-corrected chi connectivity index (χ4v) is 2.72. The Balaban J connectivity index is 1.75. The Morgan fingerprint density at radius 3 is 2.83 bits per heavy atom. The van der Waals surface area contributed by atoms with Crippen molar-refractivity contribution >= 4 is 11.6 Å². The molecule has 0 saturated heterocycles. The Morgan fingerprint density at radius 2 is 2.00 bits per heavy atom. The first-order valence-corrected chi connectivity index (χ1v) is 7.81. The molecule has 2 aromatic carbocycles. The van der Waals surface area contributed by atoms with Crippen LogP contribution in [-0.4, -0.2) is 25.2 Å². The lowest BCUT2D eigenvalue weighted by Gasteiger charge is -2.33. The minimum absolute atomic E-state index is 0.0192. The molecule has 1 unspecified atom stereocenters. The molecule has 4 nitrogen and oxygen atoms in total. The number of hydrogen-bond donors (Lipinski definition) is 0. The number of rotatable bonds is 3. The van der Waals surface area contributed by atoms with E-state index in [1.165, 1.54) is 0 Å². The summed E-state index contributed by atoms with van der Waals surface area (Å²) in [6.07, 6.45) is -0.0328. The smallest absolute Gasteiger partial charge is 0.265 e. The van der Waals surface area contributed by atoms with Gasteiger partial charge in [-0.25, -0.2) is 0 Å². The van der Waals surface area contributed by atoms with Crippen LogP contribution in [0.4, 0.5) is 5.69 Å². The second kappa shape index (κ2) is 6.32.